The quantitative estimate of drug-likeness (QED) is 0.853. The molecule has 0 saturated carbocycles. The zero-order valence-electron chi connectivity index (χ0n) is 7.22. The van der Waals surface area contributed by atoms with Crippen molar-refractivity contribution in [1.29, 1.82) is 0 Å². The Labute approximate surface area is 90.7 Å². The predicted octanol–water partition coefficient (Wildman–Crippen LogP) is 2.24. The summed E-state index contributed by atoms with van der Waals surface area (Å²) >= 11 is 7.20. The average molecular weight is 226 g/mol. The van der Waals surface area contributed by atoms with E-state index in [-0.39, 0.29) is 6.04 Å². The van der Waals surface area contributed by atoms with Crippen LogP contribution in [0.5, 0.6) is 0 Å². The molecule has 2 N–H and O–H groups in total. The van der Waals surface area contributed by atoms with Crippen LogP contribution in [0.2, 0.25) is 5.02 Å². The van der Waals surface area contributed by atoms with Crippen LogP contribution in [0.25, 0.3) is 0 Å². The lowest BCUT2D eigenvalue weighted by Gasteiger charge is -2.08. The van der Waals surface area contributed by atoms with Gasteiger partial charge in [-0.05, 0) is 29.2 Å². The molecule has 72 valence electrons. The van der Waals surface area contributed by atoms with Gasteiger partial charge in [0.15, 0.2) is 0 Å². The fraction of sp³-hybridized carbons (Fsp3) is 0.111. The Bertz CT molecular complexity index is 416. The van der Waals surface area contributed by atoms with E-state index in [0.29, 0.717) is 5.02 Å². The lowest BCUT2D eigenvalue weighted by Crippen LogP contribution is -2.12. The van der Waals surface area contributed by atoms with Gasteiger partial charge in [-0.15, -0.1) is 0 Å². The Morgan fingerprint density at radius 3 is 2.93 bits per heavy atom. The van der Waals surface area contributed by atoms with Gasteiger partial charge in [0.1, 0.15) is 0 Å². The molecule has 0 spiro atoms. The van der Waals surface area contributed by atoms with E-state index in [9.17, 15) is 0 Å². The average Bonchev–Trinajstić information content (AvgIpc) is 2.69. The van der Waals surface area contributed by atoms with Crippen molar-refractivity contribution in [3.63, 3.8) is 0 Å². The van der Waals surface area contributed by atoms with Gasteiger partial charge in [0.2, 0.25) is 0 Å². The molecule has 5 heteroatoms. The SMILES string of the molecule is NC(c1cncc(Cl)c1)c1ccsn1. The van der Waals surface area contributed by atoms with Gasteiger partial charge in [0, 0.05) is 17.8 Å². The summed E-state index contributed by atoms with van der Waals surface area (Å²) in [5, 5.41) is 2.49. The Hall–Kier alpha value is -0.970. The maximum absolute atomic E-state index is 5.98. The first kappa shape index (κ1) is 9.58. The van der Waals surface area contributed by atoms with Gasteiger partial charge in [-0.2, -0.15) is 4.37 Å². The highest BCUT2D eigenvalue weighted by Gasteiger charge is 2.11. The minimum absolute atomic E-state index is 0.243. The van der Waals surface area contributed by atoms with Crippen molar-refractivity contribution in [3.05, 3.63) is 46.2 Å². The first-order valence-electron chi connectivity index (χ1n) is 4.03. The third kappa shape index (κ3) is 1.92. The van der Waals surface area contributed by atoms with E-state index < -0.39 is 0 Å². The van der Waals surface area contributed by atoms with Gasteiger partial charge in [-0.25, -0.2) is 0 Å². The predicted molar refractivity (Wildman–Crippen MR) is 57.4 cm³/mol. The fourth-order valence-electron chi connectivity index (χ4n) is 1.15. The summed E-state index contributed by atoms with van der Waals surface area (Å²) in [6, 6.07) is 3.46. The minimum atomic E-state index is -0.243. The zero-order valence-corrected chi connectivity index (χ0v) is 8.79. The molecule has 14 heavy (non-hydrogen) atoms. The van der Waals surface area contributed by atoms with Crippen LogP contribution in [-0.4, -0.2) is 9.36 Å². The summed E-state index contributed by atoms with van der Waals surface area (Å²) in [7, 11) is 0. The Kier molecular flexibility index (Phi) is 2.77. The van der Waals surface area contributed by atoms with Gasteiger partial charge in [0.05, 0.1) is 16.8 Å². The Morgan fingerprint density at radius 1 is 1.43 bits per heavy atom. The van der Waals surface area contributed by atoms with Gasteiger partial charge in [-0.1, -0.05) is 11.6 Å². The van der Waals surface area contributed by atoms with Crippen LogP contribution >= 0.6 is 23.1 Å². The zero-order chi connectivity index (χ0) is 9.97. The van der Waals surface area contributed by atoms with E-state index in [2.05, 4.69) is 9.36 Å². The second kappa shape index (κ2) is 4.04. The number of hydrogen-bond acceptors (Lipinski definition) is 4. The molecular formula is C9H8ClN3S. The van der Waals surface area contributed by atoms with Crippen molar-refractivity contribution in [2.75, 3.05) is 0 Å². The monoisotopic (exact) mass is 225 g/mol. The maximum atomic E-state index is 5.98. The van der Waals surface area contributed by atoms with Crippen LogP contribution in [0.3, 0.4) is 0 Å². The molecule has 0 aromatic carbocycles. The molecule has 0 bridgehead atoms. The first-order valence-corrected chi connectivity index (χ1v) is 5.25. The number of halogens is 1. The van der Waals surface area contributed by atoms with E-state index in [0.717, 1.165) is 11.3 Å². The van der Waals surface area contributed by atoms with Crippen molar-refractivity contribution in [2.45, 2.75) is 6.04 Å². The number of rotatable bonds is 2. The highest BCUT2D eigenvalue weighted by molar-refractivity contribution is 7.03. The largest absolute Gasteiger partial charge is 0.319 e. The standard InChI is InChI=1S/C9H8ClN3S/c10-7-3-6(4-12-5-7)9(11)8-1-2-14-13-8/h1-5,9H,11H2. The highest BCUT2D eigenvalue weighted by atomic mass is 35.5. The molecule has 0 saturated heterocycles. The summed E-state index contributed by atoms with van der Waals surface area (Å²) in [6.07, 6.45) is 3.29. The van der Waals surface area contributed by atoms with Gasteiger partial charge >= 0.3 is 0 Å². The molecule has 2 rings (SSSR count). The molecule has 1 atom stereocenters. The van der Waals surface area contributed by atoms with Crippen molar-refractivity contribution in [3.8, 4) is 0 Å². The Morgan fingerprint density at radius 2 is 2.29 bits per heavy atom. The lowest BCUT2D eigenvalue weighted by molar-refractivity contribution is 0.839. The smallest absolute Gasteiger partial charge is 0.0755 e. The van der Waals surface area contributed by atoms with E-state index in [1.54, 1.807) is 18.5 Å². The third-order valence-electron chi connectivity index (χ3n) is 1.86. The second-order valence-electron chi connectivity index (χ2n) is 2.84. The molecule has 0 aliphatic carbocycles. The van der Waals surface area contributed by atoms with Gasteiger partial charge in [0.25, 0.3) is 0 Å². The molecule has 2 aromatic heterocycles. The van der Waals surface area contributed by atoms with Gasteiger partial charge < -0.3 is 5.73 Å². The van der Waals surface area contributed by atoms with E-state index in [1.165, 1.54) is 11.5 Å². The summed E-state index contributed by atoms with van der Waals surface area (Å²) < 4.78 is 4.17. The molecule has 0 aliphatic rings. The van der Waals surface area contributed by atoms with Crippen LogP contribution in [0, 0.1) is 0 Å². The summed E-state index contributed by atoms with van der Waals surface area (Å²) in [6.45, 7) is 0. The topological polar surface area (TPSA) is 51.8 Å². The van der Waals surface area contributed by atoms with E-state index >= 15 is 0 Å². The van der Waals surface area contributed by atoms with E-state index in [4.69, 9.17) is 17.3 Å². The number of nitrogens with two attached hydrogens (primary N) is 1. The molecule has 2 aromatic rings. The molecule has 0 radical (unpaired) electrons. The first-order chi connectivity index (χ1) is 6.77. The highest BCUT2D eigenvalue weighted by Crippen LogP contribution is 2.20. The van der Waals surface area contributed by atoms with E-state index in [1.807, 2.05) is 11.4 Å². The minimum Gasteiger partial charge on any atom is -0.319 e. The normalized spacial score (nSPS) is 12.7. The van der Waals surface area contributed by atoms with Crippen molar-refractivity contribution in [2.24, 2.45) is 5.73 Å². The van der Waals surface area contributed by atoms with Gasteiger partial charge in [-0.3, -0.25) is 4.98 Å². The molecule has 0 amide bonds. The molecule has 0 fully saturated rings. The van der Waals surface area contributed by atoms with Crippen LogP contribution in [-0.2, 0) is 0 Å². The van der Waals surface area contributed by atoms with Crippen LogP contribution in [0.4, 0.5) is 0 Å². The van der Waals surface area contributed by atoms with Crippen LogP contribution < -0.4 is 5.73 Å². The van der Waals surface area contributed by atoms with Crippen LogP contribution in [0.15, 0.2) is 29.9 Å². The molecule has 0 aliphatic heterocycles. The number of nitrogens with zero attached hydrogens (tertiary/aromatic N) is 2. The van der Waals surface area contributed by atoms with Crippen molar-refractivity contribution >= 4 is 23.1 Å². The maximum Gasteiger partial charge on any atom is 0.0755 e. The fourth-order valence-corrected chi connectivity index (χ4v) is 1.89. The van der Waals surface area contributed by atoms with Crippen molar-refractivity contribution < 1.29 is 0 Å². The van der Waals surface area contributed by atoms with Crippen molar-refractivity contribution in [1.82, 2.24) is 9.36 Å². The number of aromatic nitrogens is 2. The van der Waals surface area contributed by atoms with Crippen LogP contribution in [0.1, 0.15) is 17.3 Å². The summed E-state index contributed by atoms with van der Waals surface area (Å²) in [4.78, 5) is 3.98. The summed E-state index contributed by atoms with van der Waals surface area (Å²) in [5.41, 5.74) is 7.70. The molecule has 3 nitrogen and oxygen atoms in total. The summed E-state index contributed by atoms with van der Waals surface area (Å²) in [5.74, 6) is 0. The second-order valence-corrected chi connectivity index (χ2v) is 3.94. The lowest BCUT2D eigenvalue weighted by atomic mass is 10.1. The molecule has 1 unspecified atom stereocenters. The molecular weight excluding hydrogens is 218 g/mol. The molecule has 2 heterocycles. The number of pyridine rings is 1. The Balaban J connectivity index is 2.32. The third-order valence-corrected chi connectivity index (χ3v) is 2.64. The number of hydrogen-bond donors (Lipinski definition) is 1.